The van der Waals surface area contributed by atoms with E-state index in [-0.39, 0.29) is 6.03 Å². The highest BCUT2D eigenvalue weighted by Crippen LogP contribution is 2.39. The van der Waals surface area contributed by atoms with Gasteiger partial charge in [0.15, 0.2) is 0 Å². The van der Waals surface area contributed by atoms with Gasteiger partial charge in [0.2, 0.25) is 0 Å². The molecule has 1 N–H and O–H groups in total. The van der Waals surface area contributed by atoms with Gasteiger partial charge in [-0.1, -0.05) is 13.3 Å². The Bertz CT molecular complexity index is 187. The smallest absolute Gasteiger partial charge is 0.317 e. The van der Waals surface area contributed by atoms with Gasteiger partial charge in [0.1, 0.15) is 0 Å². The molecule has 0 aromatic rings. The second-order valence-electron chi connectivity index (χ2n) is 4.34. The van der Waals surface area contributed by atoms with Crippen molar-refractivity contribution >= 4 is 6.03 Å². The molecule has 0 heterocycles. The van der Waals surface area contributed by atoms with E-state index in [9.17, 15) is 4.79 Å². The first kappa shape index (κ1) is 10.4. The number of nitrogens with one attached hydrogen (secondary N) is 1. The predicted octanol–water partition coefficient (Wildman–Crippen LogP) is 1.84. The van der Waals surface area contributed by atoms with Crippen LogP contribution >= 0.6 is 0 Å². The van der Waals surface area contributed by atoms with Crippen LogP contribution in [0.3, 0.4) is 0 Å². The fourth-order valence-electron chi connectivity index (χ4n) is 1.52. The van der Waals surface area contributed by atoms with Crippen LogP contribution in [0.2, 0.25) is 0 Å². The lowest BCUT2D eigenvalue weighted by Gasteiger charge is -2.38. The first-order chi connectivity index (χ1) is 6.07. The van der Waals surface area contributed by atoms with Crippen molar-refractivity contribution in [3.8, 4) is 0 Å². The minimum absolute atomic E-state index is 0.0515. The maximum Gasteiger partial charge on any atom is 0.317 e. The topological polar surface area (TPSA) is 32.3 Å². The first-order valence-corrected chi connectivity index (χ1v) is 5.06. The van der Waals surface area contributed by atoms with Gasteiger partial charge in [-0.25, -0.2) is 4.79 Å². The van der Waals surface area contributed by atoms with Gasteiger partial charge in [0.05, 0.1) is 0 Å². The number of urea groups is 1. The molecule has 0 unspecified atom stereocenters. The van der Waals surface area contributed by atoms with Gasteiger partial charge in [0, 0.05) is 20.1 Å². The minimum Gasteiger partial charge on any atom is -0.337 e. The highest BCUT2D eigenvalue weighted by molar-refractivity contribution is 5.73. The van der Waals surface area contributed by atoms with Crippen LogP contribution in [-0.2, 0) is 0 Å². The first-order valence-electron chi connectivity index (χ1n) is 5.06. The molecule has 1 aliphatic rings. The molecule has 0 aromatic carbocycles. The quantitative estimate of drug-likeness (QED) is 0.713. The zero-order valence-corrected chi connectivity index (χ0v) is 8.89. The van der Waals surface area contributed by atoms with E-state index in [1.54, 1.807) is 4.90 Å². The lowest BCUT2D eigenvalue weighted by atomic mass is 9.70. The standard InChI is InChI=1S/C10H20N2O/c1-4-12(3)9(13)11-8-10(2)6-5-7-10/h4-8H2,1-3H3,(H,11,13). The summed E-state index contributed by atoms with van der Waals surface area (Å²) in [5, 5.41) is 2.96. The Balaban J connectivity index is 2.21. The van der Waals surface area contributed by atoms with E-state index in [0.29, 0.717) is 5.41 Å². The van der Waals surface area contributed by atoms with Gasteiger partial charge in [-0.3, -0.25) is 0 Å². The SMILES string of the molecule is CCN(C)C(=O)NCC1(C)CCC1. The molecule has 0 atom stereocenters. The molecule has 0 aliphatic heterocycles. The Morgan fingerprint density at radius 1 is 1.54 bits per heavy atom. The second kappa shape index (κ2) is 3.99. The number of carbonyl (C=O) groups excluding carboxylic acids is 1. The molecule has 13 heavy (non-hydrogen) atoms. The van der Waals surface area contributed by atoms with Crippen LogP contribution in [0.15, 0.2) is 0 Å². The summed E-state index contributed by atoms with van der Waals surface area (Å²) in [7, 11) is 1.82. The largest absolute Gasteiger partial charge is 0.337 e. The fraction of sp³-hybridized carbons (Fsp3) is 0.900. The summed E-state index contributed by atoms with van der Waals surface area (Å²) in [6.45, 7) is 5.81. The normalized spacial score (nSPS) is 19.0. The van der Waals surface area contributed by atoms with Crippen molar-refractivity contribution in [1.82, 2.24) is 10.2 Å². The fourth-order valence-corrected chi connectivity index (χ4v) is 1.52. The third-order valence-corrected chi connectivity index (χ3v) is 3.05. The molecular formula is C10H20N2O. The molecule has 0 saturated heterocycles. The van der Waals surface area contributed by atoms with Crippen LogP contribution in [0.1, 0.15) is 33.1 Å². The monoisotopic (exact) mass is 184 g/mol. The zero-order valence-electron chi connectivity index (χ0n) is 8.89. The molecule has 0 radical (unpaired) electrons. The third kappa shape index (κ3) is 2.61. The Hall–Kier alpha value is -0.730. The van der Waals surface area contributed by atoms with Crippen LogP contribution in [0, 0.1) is 5.41 Å². The Morgan fingerprint density at radius 2 is 2.15 bits per heavy atom. The lowest BCUT2D eigenvalue weighted by Crippen LogP contribution is -2.44. The summed E-state index contributed by atoms with van der Waals surface area (Å²) in [6, 6.07) is 0.0515. The summed E-state index contributed by atoms with van der Waals surface area (Å²) in [6.07, 6.45) is 3.82. The van der Waals surface area contributed by atoms with Crippen molar-refractivity contribution in [3.63, 3.8) is 0 Å². The summed E-state index contributed by atoms with van der Waals surface area (Å²) < 4.78 is 0. The maximum absolute atomic E-state index is 11.4. The minimum atomic E-state index is 0.0515. The highest BCUT2D eigenvalue weighted by atomic mass is 16.2. The van der Waals surface area contributed by atoms with Gasteiger partial charge < -0.3 is 10.2 Å². The number of nitrogens with zero attached hydrogens (tertiary/aromatic N) is 1. The van der Waals surface area contributed by atoms with Crippen molar-refractivity contribution in [2.24, 2.45) is 5.41 Å². The lowest BCUT2D eigenvalue weighted by molar-refractivity contribution is 0.150. The summed E-state index contributed by atoms with van der Waals surface area (Å²) in [5.41, 5.74) is 0.379. The van der Waals surface area contributed by atoms with Gasteiger partial charge >= 0.3 is 6.03 Å². The molecule has 1 saturated carbocycles. The van der Waals surface area contributed by atoms with Gasteiger partial charge in [-0.05, 0) is 25.2 Å². The van der Waals surface area contributed by atoms with Crippen molar-refractivity contribution < 1.29 is 4.79 Å². The van der Waals surface area contributed by atoms with Crippen LogP contribution in [0.5, 0.6) is 0 Å². The number of amides is 2. The number of hydrogen-bond donors (Lipinski definition) is 1. The molecule has 1 rings (SSSR count). The van der Waals surface area contributed by atoms with E-state index in [2.05, 4.69) is 12.2 Å². The van der Waals surface area contributed by atoms with E-state index in [0.717, 1.165) is 13.1 Å². The number of rotatable bonds is 3. The van der Waals surface area contributed by atoms with Crippen LogP contribution < -0.4 is 5.32 Å². The van der Waals surface area contributed by atoms with Crippen molar-refractivity contribution in [1.29, 1.82) is 0 Å². The molecular weight excluding hydrogens is 164 g/mol. The third-order valence-electron chi connectivity index (χ3n) is 3.05. The predicted molar refractivity (Wildman–Crippen MR) is 53.7 cm³/mol. The molecule has 76 valence electrons. The van der Waals surface area contributed by atoms with Gasteiger partial charge in [0.25, 0.3) is 0 Å². The van der Waals surface area contributed by atoms with E-state index in [1.807, 2.05) is 14.0 Å². The van der Waals surface area contributed by atoms with E-state index < -0.39 is 0 Å². The summed E-state index contributed by atoms with van der Waals surface area (Å²) >= 11 is 0. The molecule has 0 bridgehead atoms. The Kier molecular flexibility index (Phi) is 3.17. The van der Waals surface area contributed by atoms with Crippen molar-refractivity contribution in [2.45, 2.75) is 33.1 Å². The second-order valence-corrected chi connectivity index (χ2v) is 4.34. The van der Waals surface area contributed by atoms with Gasteiger partial charge in [-0.15, -0.1) is 0 Å². The van der Waals surface area contributed by atoms with Crippen LogP contribution in [0.25, 0.3) is 0 Å². The van der Waals surface area contributed by atoms with Crippen molar-refractivity contribution in [2.75, 3.05) is 20.1 Å². The maximum atomic E-state index is 11.4. The van der Waals surface area contributed by atoms with Crippen molar-refractivity contribution in [3.05, 3.63) is 0 Å². The molecule has 1 aliphatic carbocycles. The summed E-state index contributed by atoms with van der Waals surface area (Å²) in [5.74, 6) is 0. The van der Waals surface area contributed by atoms with E-state index in [4.69, 9.17) is 0 Å². The molecule has 0 spiro atoms. The van der Waals surface area contributed by atoms with Crippen LogP contribution in [-0.4, -0.2) is 31.1 Å². The molecule has 1 fully saturated rings. The molecule has 2 amide bonds. The zero-order chi connectivity index (χ0) is 9.90. The number of carbonyl (C=O) groups is 1. The Labute approximate surface area is 80.5 Å². The van der Waals surface area contributed by atoms with Crippen LogP contribution in [0.4, 0.5) is 4.79 Å². The summed E-state index contributed by atoms with van der Waals surface area (Å²) in [4.78, 5) is 13.1. The number of hydrogen-bond acceptors (Lipinski definition) is 1. The Morgan fingerprint density at radius 3 is 2.54 bits per heavy atom. The van der Waals surface area contributed by atoms with E-state index >= 15 is 0 Å². The van der Waals surface area contributed by atoms with Gasteiger partial charge in [-0.2, -0.15) is 0 Å². The molecule has 3 heteroatoms. The average Bonchev–Trinajstić information content (AvgIpc) is 2.09. The average molecular weight is 184 g/mol. The molecule has 0 aromatic heterocycles. The van der Waals surface area contributed by atoms with E-state index in [1.165, 1.54) is 19.3 Å². The molecule has 3 nitrogen and oxygen atoms in total. The highest BCUT2D eigenvalue weighted by Gasteiger charge is 2.31.